The fourth-order valence-electron chi connectivity index (χ4n) is 3.51. The van der Waals surface area contributed by atoms with Crippen molar-refractivity contribution >= 4 is 45.0 Å². The predicted molar refractivity (Wildman–Crippen MR) is 115 cm³/mol. The number of aromatic nitrogens is 1. The first-order valence-corrected chi connectivity index (χ1v) is 9.57. The van der Waals surface area contributed by atoms with E-state index in [2.05, 4.69) is 9.88 Å². The first-order chi connectivity index (χ1) is 13.6. The molecule has 4 aromatic rings. The van der Waals surface area contributed by atoms with E-state index >= 15 is 0 Å². The summed E-state index contributed by atoms with van der Waals surface area (Å²) in [6.07, 6.45) is 1.03. The van der Waals surface area contributed by atoms with E-state index in [0.717, 1.165) is 11.0 Å². The number of nitrogens with zero attached hydrogens (tertiary/aromatic N) is 1. The van der Waals surface area contributed by atoms with E-state index in [1.54, 1.807) is 18.2 Å². The number of para-hydroxylation sites is 2. The summed E-state index contributed by atoms with van der Waals surface area (Å²) in [5, 5.41) is 4.85. The van der Waals surface area contributed by atoms with Crippen molar-refractivity contribution in [3.8, 4) is 0 Å². The number of hydrogen-bond donors (Lipinski definition) is 1. The predicted octanol–water partition coefficient (Wildman–Crippen LogP) is 5.23. The Balaban J connectivity index is 1.57. The average Bonchev–Trinajstić information content (AvgIpc) is 2.70. The van der Waals surface area contributed by atoms with Crippen LogP contribution in [0.4, 0.5) is 5.69 Å². The number of pyridine rings is 1. The standard InChI is InChI=1S/C23H19ClN2O2/c24-16-7-5-8-17(15-16)25-22(27)13-6-14-26-20-11-3-1-9-18(20)23(28)19-10-2-4-12-21(19)26/h1-5,7-12,15H,6,13-14H2,(H,25,27). The van der Waals surface area contributed by atoms with Gasteiger partial charge in [0.1, 0.15) is 0 Å². The molecule has 140 valence electrons. The van der Waals surface area contributed by atoms with Crippen molar-refractivity contribution in [1.82, 2.24) is 4.57 Å². The number of halogens is 1. The number of amides is 1. The zero-order chi connectivity index (χ0) is 19.5. The van der Waals surface area contributed by atoms with Gasteiger partial charge in [-0.05, 0) is 48.9 Å². The third kappa shape index (κ3) is 3.64. The van der Waals surface area contributed by atoms with Crippen molar-refractivity contribution in [2.24, 2.45) is 0 Å². The van der Waals surface area contributed by atoms with Gasteiger partial charge in [0.05, 0.1) is 11.0 Å². The molecule has 0 atom stereocenters. The Morgan fingerprint density at radius 2 is 1.54 bits per heavy atom. The van der Waals surface area contributed by atoms with E-state index in [-0.39, 0.29) is 11.3 Å². The minimum absolute atomic E-state index is 0.0427. The SMILES string of the molecule is O=C(CCCn1c2ccccc2c(=O)c2ccccc21)Nc1cccc(Cl)c1. The first-order valence-electron chi connectivity index (χ1n) is 9.19. The Morgan fingerprint density at radius 1 is 0.893 bits per heavy atom. The van der Waals surface area contributed by atoms with Gasteiger partial charge in [0.2, 0.25) is 5.91 Å². The molecule has 1 heterocycles. The molecule has 0 fully saturated rings. The van der Waals surface area contributed by atoms with Gasteiger partial charge in [-0.25, -0.2) is 0 Å². The highest BCUT2D eigenvalue weighted by Crippen LogP contribution is 2.20. The molecule has 0 spiro atoms. The van der Waals surface area contributed by atoms with Gasteiger partial charge >= 0.3 is 0 Å². The van der Waals surface area contributed by atoms with Gasteiger partial charge in [0.25, 0.3) is 0 Å². The van der Waals surface area contributed by atoms with E-state index in [0.29, 0.717) is 40.9 Å². The minimum atomic E-state index is -0.0584. The summed E-state index contributed by atoms with van der Waals surface area (Å²) in [5.74, 6) is -0.0584. The summed E-state index contributed by atoms with van der Waals surface area (Å²) < 4.78 is 2.12. The van der Waals surface area contributed by atoms with Crippen LogP contribution in [-0.4, -0.2) is 10.5 Å². The molecule has 0 aliphatic heterocycles. The number of fused-ring (bicyclic) bond motifs is 2. The summed E-state index contributed by atoms with van der Waals surface area (Å²) in [6, 6.07) is 22.3. The number of rotatable bonds is 5. The second-order valence-corrected chi connectivity index (χ2v) is 7.11. The van der Waals surface area contributed by atoms with Crippen LogP contribution in [0.1, 0.15) is 12.8 Å². The molecule has 0 unspecified atom stereocenters. The van der Waals surface area contributed by atoms with E-state index in [1.165, 1.54) is 0 Å². The maximum atomic E-state index is 12.8. The number of aryl methyl sites for hydroxylation is 1. The summed E-state index contributed by atoms with van der Waals surface area (Å²) in [7, 11) is 0. The van der Waals surface area contributed by atoms with Crippen LogP contribution >= 0.6 is 11.6 Å². The van der Waals surface area contributed by atoms with Crippen LogP contribution in [0.3, 0.4) is 0 Å². The van der Waals surface area contributed by atoms with Crippen molar-refractivity contribution in [2.75, 3.05) is 5.32 Å². The second-order valence-electron chi connectivity index (χ2n) is 6.68. The fraction of sp³-hybridized carbons (Fsp3) is 0.130. The first kappa shape index (κ1) is 18.3. The molecule has 1 aromatic heterocycles. The molecular weight excluding hydrogens is 372 g/mol. The lowest BCUT2D eigenvalue weighted by molar-refractivity contribution is -0.116. The second kappa shape index (κ2) is 7.87. The molecule has 0 saturated heterocycles. The van der Waals surface area contributed by atoms with Crippen LogP contribution in [0.2, 0.25) is 5.02 Å². The Bertz CT molecular complexity index is 1170. The number of nitrogens with one attached hydrogen (secondary N) is 1. The van der Waals surface area contributed by atoms with Crippen LogP contribution in [0.25, 0.3) is 21.8 Å². The van der Waals surface area contributed by atoms with Crippen molar-refractivity contribution in [3.05, 3.63) is 88.0 Å². The number of benzene rings is 3. The third-order valence-corrected chi connectivity index (χ3v) is 5.01. The van der Waals surface area contributed by atoms with Crippen LogP contribution < -0.4 is 10.7 Å². The highest BCUT2D eigenvalue weighted by Gasteiger charge is 2.10. The van der Waals surface area contributed by atoms with Crippen molar-refractivity contribution in [2.45, 2.75) is 19.4 Å². The lowest BCUT2D eigenvalue weighted by Crippen LogP contribution is -2.14. The summed E-state index contributed by atoms with van der Waals surface area (Å²) in [4.78, 5) is 25.0. The van der Waals surface area contributed by atoms with Crippen LogP contribution in [0, 0.1) is 0 Å². The van der Waals surface area contributed by atoms with E-state index in [9.17, 15) is 9.59 Å². The topological polar surface area (TPSA) is 51.1 Å². The largest absolute Gasteiger partial charge is 0.340 e. The maximum absolute atomic E-state index is 12.8. The highest BCUT2D eigenvalue weighted by atomic mass is 35.5. The van der Waals surface area contributed by atoms with Gasteiger partial charge in [-0.1, -0.05) is 41.9 Å². The zero-order valence-electron chi connectivity index (χ0n) is 15.2. The van der Waals surface area contributed by atoms with Crippen LogP contribution in [0.15, 0.2) is 77.6 Å². The lowest BCUT2D eigenvalue weighted by atomic mass is 10.1. The molecule has 4 rings (SSSR count). The number of anilines is 1. The number of hydrogen-bond acceptors (Lipinski definition) is 2. The minimum Gasteiger partial charge on any atom is -0.340 e. The van der Waals surface area contributed by atoms with Crippen molar-refractivity contribution in [1.29, 1.82) is 0 Å². The summed E-state index contributed by atoms with van der Waals surface area (Å²) >= 11 is 5.96. The number of carbonyl (C=O) groups is 1. The molecule has 4 nitrogen and oxygen atoms in total. The van der Waals surface area contributed by atoms with Crippen molar-refractivity contribution < 1.29 is 4.79 Å². The molecule has 0 aliphatic rings. The molecule has 0 saturated carbocycles. The van der Waals surface area contributed by atoms with Crippen LogP contribution in [-0.2, 0) is 11.3 Å². The lowest BCUT2D eigenvalue weighted by Gasteiger charge is -2.15. The highest BCUT2D eigenvalue weighted by molar-refractivity contribution is 6.30. The van der Waals surface area contributed by atoms with Gasteiger partial charge in [-0.2, -0.15) is 0 Å². The van der Waals surface area contributed by atoms with Gasteiger partial charge in [0, 0.05) is 34.4 Å². The van der Waals surface area contributed by atoms with Gasteiger partial charge in [-0.3, -0.25) is 9.59 Å². The smallest absolute Gasteiger partial charge is 0.224 e. The molecule has 5 heteroatoms. The quantitative estimate of drug-likeness (QED) is 0.474. The summed E-state index contributed by atoms with van der Waals surface area (Å²) in [6.45, 7) is 0.643. The Morgan fingerprint density at radius 3 is 2.18 bits per heavy atom. The zero-order valence-corrected chi connectivity index (χ0v) is 15.9. The van der Waals surface area contributed by atoms with E-state index in [4.69, 9.17) is 11.6 Å². The monoisotopic (exact) mass is 390 g/mol. The van der Waals surface area contributed by atoms with E-state index < -0.39 is 0 Å². The molecule has 3 aromatic carbocycles. The van der Waals surface area contributed by atoms with Gasteiger partial charge in [0.15, 0.2) is 5.43 Å². The third-order valence-electron chi connectivity index (χ3n) is 4.77. The number of carbonyl (C=O) groups excluding carboxylic acids is 1. The molecule has 0 radical (unpaired) electrons. The molecule has 1 N–H and O–H groups in total. The molecule has 0 bridgehead atoms. The molecular formula is C23H19ClN2O2. The Kier molecular flexibility index (Phi) is 5.13. The van der Waals surface area contributed by atoms with Gasteiger partial charge in [-0.15, -0.1) is 0 Å². The normalized spacial score (nSPS) is 11.0. The molecule has 1 amide bonds. The van der Waals surface area contributed by atoms with Crippen molar-refractivity contribution in [3.63, 3.8) is 0 Å². The maximum Gasteiger partial charge on any atom is 0.224 e. The molecule has 28 heavy (non-hydrogen) atoms. The fourth-order valence-corrected chi connectivity index (χ4v) is 3.70. The van der Waals surface area contributed by atoms with E-state index in [1.807, 2.05) is 54.6 Å². The van der Waals surface area contributed by atoms with Crippen LogP contribution in [0.5, 0.6) is 0 Å². The average molecular weight is 391 g/mol. The summed E-state index contributed by atoms with van der Waals surface area (Å²) in [5.41, 5.74) is 2.51. The van der Waals surface area contributed by atoms with Gasteiger partial charge < -0.3 is 9.88 Å². The Labute approximate surface area is 167 Å². The molecule has 0 aliphatic carbocycles. The Hall–Kier alpha value is -3.11.